The number of hydrogen-bond donors (Lipinski definition) is 3. The normalized spacial score (nSPS) is 14.1. The third-order valence-electron chi connectivity index (χ3n) is 5.00. The van der Waals surface area contributed by atoms with Crippen LogP contribution in [0.15, 0.2) is 60.7 Å². The lowest BCUT2D eigenvalue weighted by molar-refractivity contribution is -0.110. The number of para-hydroxylation sites is 1. The van der Waals surface area contributed by atoms with Gasteiger partial charge in [-0.1, -0.05) is 42.5 Å². The van der Waals surface area contributed by atoms with E-state index in [4.69, 9.17) is 10.5 Å². The van der Waals surface area contributed by atoms with Gasteiger partial charge in [0.1, 0.15) is 11.5 Å². The summed E-state index contributed by atoms with van der Waals surface area (Å²) >= 11 is 0. The fourth-order valence-electron chi connectivity index (χ4n) is 3.55. The third kappa shape index (κ3) is 2.77. The summed E-state index contributed by atoms with van der Waals surface area (Å²) in [5, 5.41) is 13.2. The van der Waals surface area contributed by atoms with Gasteiger partial charge in [-0.2, -0.15) is 0 Å². The van der Waals surface area contributed by atoms with Gasteiger partial charge in [0.15, 0.2) is 0 Å². The van der Waals surface area contributed by atoms with Crippen molar-refractivity contribution in [3.8, 4) is 33.8 Å². The highest BCUT2D eigenvalue weighted by atomic mass is 16.5. The Morgan fingerprint density at radius 1 is 1.00 bits per heavy atom. The van der Waals surface area contributed by atoms with Crippen molar-refractivity contribution in [1.82, 2.24) is 0 Å². The van der Waals surface area contributed by atoms with Gasteiger partial charge < -0.3 is 20.9 Å². The molecule has 4 rings (SSSR count). The highest BCUT2D eigenvalue weighted by Gasteiger charge is 2.25. The van der Waals surface area contributed by atoms with Gasteiger partial charge in [-0.3, -0.25) is 4.79 Å². The molecule has 140 valence electrons. The Bertz CT molecular complexity index is 1120. The molecule has 0 atom stereocenters. The van der Waals surface area contributed by atoms with Crippen LogP contribution in [-0.4, -0.2) is 18.1 Å². The molecular formula is C23H20N2O3. The fourth-order valence-corrected chi connectivity index (χ4v) is 3.55. The van der Waals surface area contributed by atoms with Gasteiger partial charge in [0.25, 0.3) is 5.91 Å². The molecular weight excluding hydrogens is 352 g/mol. The van der Waals surface area contributed by atoms with Gasteiger partial charge in [0.05, 0.1) is 18.5 Å². The number of allylic oxidation sites excluding steroid dienone is 1. The standard InChI is InChI=1S/C23H20N2O3/c1-3-15-18-11-17(20(26)12-19(18)25-23(15)27)14-9-7-13(8-10-14)16-5-4-6-21(28-2)22(16)24/h3-12,26H,24H2,1-2H3,(H,25,27)/b15-3-. The first kappa shape index (κ1) is 17.7. The lowest BCUT2D eigenvalue weighted by Gasteiger charge is -2.12. The minimum absolute atomic E-state index is 0.116. The van der Waals surface area contributed by atoms with E-state index in [1.807, 2.05) is 55.5 Å². The quantitative estimate of drug-likeness (QED) is 0.461. The molecule has 1 aliphatic rings. The van der Waals surface area contributed by atoms with Crippen LogP contribution >= 0.6 is 0 Å². The molecule has 4 N–H and O–H groups in total. The number of nitrogens with two attached hydrogens (primary N) is 1. The first-order valence-corrected chi connectivity index (χ1v) is 8.91. The van der Waals surface area contributed by atoms with Gasteiger partial charge >= 0.3 is 0 Å². The van der Waals surface area contributed by atoms with E-state index in [1.165, 1.54) is 0 Å². The lowest BCUT2D eigenvalue weighted by Crippen LogP contribution is -2.03. The average Bonchev–Trinajstić information content (AvgIpc) is 3.01. The summed E-state index contributed by atoms with van der Waals surface area (Å²) in [6.45, 7) is 1.82. The summed E-state index contributed by atoms with van der Waals surface area (Å²) in [7, 11) is 1.59. The Hall–Kier alpha value is -3.73. The fraction of sp³-hybridized carbons (Fsp3) is 0.0870. The highest BCUT2D eigenvalue weighted by Crippen LogP contribution is 2.41. The monoisotopic (exact) mass is 372 g/mol. The molecule has 28 heavy (non-hydrogen) atoms. The van der Waals surface area contributed by atoms with E-state index < -0.39 is 0 Å². The predicted molar refractivity (Wildman–Crippen MR) is 112 cm³/mol. The molecule has 0 fully saturated rings. The Morgan fingerprint density at radius 3 is 2.32 bits per heavy atom. The number of benzene rings is 3. The number of fused-ring (bicyclic) bond motifs is 1. The zero-order chi connectivity index (χ0) is 19.8. The third-order valence-corrected chi connectivity index (χ3v) is 5.00. The van der Waals surface area contributed by atoms with Crippen molar-refractivity contribution < 1.29 is 14.6 Å². The lowest BCUT2D eigenvalue weighted by atomic mass is 9.96. The minimum Gasteiger partial charge on any atom is -0.507 e. The molecule has 1 amide bonds. The van der Waals surface area contributed by atoms with Crippen molar-refractivity contribution in [3.05, 3.63) is 66.2 Å². The Labute approximate surface area is 163 Å². The number of carbonyl (C=O) groups is 1. The van der Waals surface area contributed by atoms with Crippen LogP contribution < -0.4 is 15.8 Å². The number of aromatic hydroxyl groups is 1. The summed E-state index contributed by atoms with van der Waals surface area (Å²) in [5.74, 6) is 0.594. The van der Waals surface area contributed by atoms with Gasteiger partial charge in [0, 0.05) is 28.3 Å². The van der Waals surface area contributed by atoms with Crippen molar-refractivity contribution >= 4 is 22.9 Å². The molecule has 0 radical (unpaired) electrons. The van der Waals surface area contributed by atoms with Crippen molar-refractivity contribution in [1.29, 1.82) is 0 Å². The number of nitrogens with one attached hydrogen (secondary N) is 1. The highest BCUT2D eigenvalue weighted by molar-refractivity contribution is 6.31. The van der Waals surface area contributed by atoms with Crippen LogP contribution in [0.4, 0.5) is 11.4 Å². The second-order valence-corrected chi connectivity index (χ2v) is 6.57. The first-order chi connectivity index (χ1) is 13.5. The number of anilines is 2. The van der Waals surface area contributed by atoms with E-state index in [2.05, 4.69) is 5.32 Å². The maximum atomic E-state index is 12.0. The molecule has 0 saturated heterocycles. The molecule has 1 heterocycles. The van der Waals surface area contributed by atoms with E-state index in [-0.39, 0.29) is 11.7 Å². The van der Waals surface area contributed by atoms with Crippen LogP contribution in [-0.2, 0) is 4.79 Å². The van der Waals surface area contributed by atoms with Crippen molar-refractivity contribution in [2.24, 2.45) is 0 Å². The molecule has 5 nitrogen and oxygen atoms in total. The number of carbonyl (C=O) groups excluding carboxylic acids is 1. The van der Waals surface area contributed by atoms with Crippen LogP contribution in [0.3, 0.4) is 0 Å². The molecule has 0 saturated carbocycles. The number of ether oxygens (including phenoxy) is 1. The SMILES string of the molecule is C/C=C1\C(=O)Nc2cc(O)c(-c3ccc(-c4cccc(OC)c4N)cc3)cc21. The van der Waals surface area contributed by atoms with E-state index >= 15 is 0 Å². The van der Waals surface area contributed by atoms with Crippen molar-refractivity contribution in [3.63, 3.8) is 0 Å². The second-order valence-electron chi connectivity index (χ2n) is 6.57. The number of phenolic OH excluding ortho intramolecular Hbond substituents is 1. The smallest absolute Gasteiger partial charge is 0.256 e. The maximum Gasteiger partial charge on any atom is 0.256 e. The van der Waals surface area contributed by atoms with Crippen LogP contribution in [0.5, 0.6) is 11.5 Å². The van der Waals surface area contributed by atoms with Crippen LogP contribution in [0.25, 0.3) is 27.8 Å². The van der Waals surface area contributed by atoms with Gasteiger partial charge in [-0.15, -0.1) is 0 Å². The number of phenols is 1. The van der Waals surface area contributed by atoms with E-state index in [9.17, 15) is 9.90 Å². The Morgan fingerprint density at radius 2 is 1.68 bits per heavy atom. The molecule has 0 aromatic heterocycles. The summed E-state index contributed by atoms with van der Waals surface area (Å²) in [6, 6.07) is 16.8. The van der Waals surface area contributed by atoms with Crippen LogP contribution in [0, 0.1) is 0 Å². The largest absolute Gasteiger partial charge is 0.507 e. The van der Waals surface area contributed by atoms with Crippen molar-refractivity contribution in [2.75, 3.05) is 18.2 Å². The van der Waals surface area contributed by atoms with Crippen LogP contribution in [0.2, 0.25) is 0 Å². The van der Waals surface area contributed by atoms with Gasteiger partial charge in [-0.05, 0) is 30.2 Å². The zero-order valence-corrected chi connectivity index (χ0v) is 15.6. The molecule has 0 spiro atoms. The Balaban J connectivity index is 1.75. The van der Waals surface area contributed by atoms with Gasteiger partial charge in [-0.25, -0.2) is 0 Å². The summed E-state index contributed by atoms with van der Waals surface area (Å²) < 4.78 is 5.29. The first-order valence-electron chi connectivity index (χ1n) is 8.91. The van der Waals surface area contributed by atoms with E-state index in [0.717, 1.165) is 22.3 Å². The van der Waals surface area contributed by atoms with E-state index in [1.54, 1.807) is 19.3 Å². The number of methoxy groups -OCH3 is 1. The molecule has 3 aromatic rings. The number of nitrogen functional groups attached to an aromatic ring is 1. The molecule has 0 unspecified atom stereocenters. The number of rotatable bonds is 3. The summed E-state index contributed by atoms with van der Waals surface area (Å²) in [4.78, 5) is 12.0. The average molecular weight is 372 g/mol. The molecule has 0 bridgehead atoms. The number of amides is 1. The zero-order valence-electron chi connectivity index (χ0n) is 15.6. The molecule has 0 aliphatic carbocycles. The van der Waals surface area contributed by atoms with Crippen molar-refractivity contribution in [2.45, 2.75) is 6.92 Å². The summed E-state index contributed by atoms with van der Waals surface area (Å²) in [6.07, 6.45) is 1.77. The molecule has 3 aromatic carbocycles. The minimum atomic E-state index is -0.155. The summed E-state index contributed by atoms with van der Waals surface area (Å²) in [5.41, 5.74) is 12.2. The predicted octanol–water partition coefficient (Wildman–Crippen LogP) is 4.67. The van der Waals surface area contributed by atoms with E-state index in [0.29, 0.717) is 28.3 Å². The van der Waals surface area contributed by atoms with Gasteiger partial charge in [0.2, 0.25) is 0 Å². The second kappa shape index (κ2) is 6.78. The molecule has 1 aliphatic heterocycles. The maximum absolute atomic E-state index is 12.0. The molecule has 5 heteroatoms. The Kier molecular flexibility index (Phi) is 4.28. The topological polar surface area (TPSA) is 84.6 Å². The van der Waals surface area contributed by atoms with Crippen LogP contribution in [0.1, 0.15) is 12.5 Å². The number of hydrogen-bond acceptors (Lipinski definition) is 4.